The SMILES string of the molecule is CSC(NC(C)(C)C)=[NH+]C(C)(C)C.[O-][Cl+3]([O-])([O-])[O-]. The summed E-state index contributed by atoms with van der Waals surface area (Å²) in [4.78, 5) is 3.43. The summed E-state index contributed by atoms with van der Waals surface area (Å²) in [5.74, 6) is 0. The molecule has 0 aromatic rings. The van der Waals surface area contributed by atoms with Gasteiger partial charge in [-0.2, -0.15) is 0 Å². The summed E-state index contributed by atoms with van der Waals surface area (Å²) < 4.78 is 34.0. The van der Waals surface area contributed by atoms with Crippen LogP contribution < -0.4 is 28.9 Å². The van der Waals surface area contributed by atoms with E-state index in [0.29, 0.717) is 0 Å². The minimum Gasteiger partial charge on any atom is -0.264 e. The molecule has 0 amide bonds. The van der Waals surface area contributed by atoms with Gasteiger partial charge in [0.15, 0.2) is 0 Å². The lowest BCUT2D eigenvalue weighted by atomic mass is 10.1. The number of hydrogen-bond acceptors (Lipinski definition) is 5. The Morgan fingerprint density at radius 2 is 1.33 bits per heavy atom. The van der Waals surface area contributed by atoms with E-state index in [9.17, 15) is 0 Å². The molecule has 0 saturated carbocycles. The molecule has 0 spiro atoms. The van der Waals surface area contributed by atoms with Gasteiger partial charge in [0.2, 0.25) is 0 Å². The molecule has 0 atom stereocenters. The fraction of sp³-hybridized carbons (Fsp3) is 0.900. The van der Waals surface area contributed by atoms with E-state index in [1.165, 1.54) is 0 Å². The smallest absolute Gasteiger partial charge is 0.264 e. The Morgan fingerprint density at radius 1 is 1.00 bits per heavy atom. The molecule has 0 aliphatic rings. The van der Waals surface area contributed by atoms with Crippen molar-refractivity contribution < 1.29 is 33.9 Å². The quantitative estimate of drug-likeness (QED) is 0.350. The number of thioether (sulfide) groups is 1. The molecule has 6 nitrogen and oxygen atoms in total. The van der Waals surface area contributed by atoms with Gasteiger partial charge in [0.05, 0.1) is 11.1 Å². The van der Waals surface area contributed by atoms with Crippen molar-refractivity contribution in [2.75, 3.05) is 6.26 Å². The molecule has 0 fully saturated rings. The van der Waals surface area contributed by atoms with Crippen molar-refractivity contribution in [2.45, 2.75) is 52.6 Å². The summed E-state index contributed by atoms with van der Waals surface area (Å²) >= 11 is 1.72. The normalized spacial score (nSPS) is 13.8. The molecular formula is C10H23ClN2O4S. The predicted molar refractivity (Wildman–Crippen MR) is 62.1 cm³/mol. The number of amidine groups is 1. The van der Waals surface area contributed by atoms with E-state index in [0.717, 1.165) is 5.17 Å². The molecule has 2 N–H and O–H groups in total. The lowest BCUT2D eigenvalue weighted by Crippen LogP contribution is -2.86. The van der Waals surface area contributed by atoms with Gasteiger partial charge in [0, 0.05) is 0 Å². The summed E-state index contributed by atoms with van der Waals surface area (Å²) in [6.07, 6.45) is 2.08. The predicted octanol–water partition coefficient (Wildman–Crippen LogP) is -3.78. The van der Waals surface area contributed by atoms with Crippen LogP contribution in [-0.4, -0.2) is 22.5 Å². The Bertz CT molecular complexity index is 261. The monoisotopic (exact) mass is 302 g/mol. The molecule has 0 saturated heterocycles. The van der Waals surface area contributed by atoms with Crippen LogP contribution in [0, 0.1) is 10.2 Å². The average molecular weight is 303 g/mol. The maximum atomic E-state index is 8.49. The van der Waals surface area contributed by atoms with Gasteiger partial charge in [-0.25, -0.2) is 18.6 Å². The number of rotatable bonds is 0. The molecule has 0 heterocycles. The molecule has 0 radical (unpaired) electrons. The Balaban J connectivity index is 0. The summed E-state index contributed by atoms with van der Waals surface area (Å²) in [7, 11) is -4.94. The third-order valence-electron chi connectivity index (χ3n) is 1.18. The van der Waals surface area contributed by atoms with Gasteiger partial charge in [0.1, 0.15) is 0 Å². The van der Waals surface area contributed by atoms with Crippen molar-refractivity contribution in [1.29, 1.82) is 0 Å². The van der Waals surface area contributed by atoms with Crippen LogP contribution >= 0.6 is 11.8 Å². The highest BCUT2D eigenvalue weighted by Crippen LogP contribution is 2.01. The molecule has 8 heteroatoms. The maximum Gasteiger partial charge on any atom is 0.304 e. The van der Waals surface area contributed by atoms with Crippen molar-refractivity contribution in [3.8, 4) is 0 Å². The van der Waals surface area contributed by atoms with Gasteiger partial charge in [-0.15, -0.1) is 10.2 Å². The first-order valence-corrected chi connectivity index (χ1v) is 7.69. The van der Waals surface area contributed by atoms with Crippen molar-refractivity contribution in [3.63, 3.8) is 0 Å². The lowest BCUT2D eigenvalue weighted by molar-refractivity contribution is -2.00. The molecule has 18 heavy (non-hydrogen) atoms. The van der Waals surface area contributed by atoms with Gasteiger partial charge in [-0.1, -0.05) is 0 Å². The lowest BCUT2D eigenvalue weighted by Gasteiger charge is -2.18. The summed E-state index contributed by atoms with van der Waals surface area (Å²) in [5.41, 5.74) is 0.243. The van der Waals surface area contributed by atoms with Crippen LogP contribution in [0.25, 0.3) is 0 Å². The summed E-state index contributed by atoms with van der Waals surface area (Å²) in [5, 5.41) is 4.57. The van der Waals surface area contributed by atoms with Crippen LogP contribution in [-0.2, 0) is 0 Å². The first kappa shape index (κ1) is 20.3. The molecule has 0 rings (SSSR count). The van der Waals surface area contributed by atoms with Crippen molar-refractivity contribution in [2.24, 2.45) is 0 Å². The highest BCUT2D eigenvalue weighted by Gasteiger charge is 2.20. The number of halogens is 1. The van der Waals surface area contributed by atoms with E-state index in [1.807, 2.05) is 0 Å². The molecule has 0 aromatic carbocycles. The van der Waals surface area contributed by atoms with Crippen LogP contribution in [0.15, 0.2) is 0 Å². The van der Waals surface area contributed by atoms with E-state index in [4.69, 9.17) is 18.6 Å². The second-order valence-corrected chi connectivity index (χ2v) is 7.23. The molecular weight excluding hydrogens is 280 g/mol. The van der Waals surface area contributed by atoms with Crippen molar-refractivity contribution in [1.82, 2.24) is 5.32 Å². The van der Waals surface area contributed by atoms with E-state index in [1.54, 1.807) is 11.8 Å². The Morgan fingerprint density at radius 3 is 1.50 bits per heavy atom. The van der Waals surface area contributed by atoms with Crippen LogP contribution in [0.1, 0.15) is 41.5 Å². The van der Waals surface area contributed by atoms with Crippen LogP contribution in [0.2, 0.25) is 0 Å². The zero-order valence-electron chi connectivity index (χ0n) is 11.9. The number of nitrogens with one attached hydrogen (secondary N) is 2. The highest BCUT2D eigenvalue weighted by atomic mass is 35.7. The largest absolute Gasteiger partial charge is 0.304 e. The van der Waals surface area contributed by atoms with E-state index in [-0.39, 0.29) is 11.1 Å². The summed E-state index contributed by atoms with van der Waals surface area (Å²) in [6, 6.07) is 0. The Kier molecular flexibility index (Phi) is 8.47. The third kappa shape index (κ3) is 25.0. The van der Waals surface area contributed by atoms with Gasteiger partial charge in [-0.3, -0.25) is 10.3 Å². The van der Waals surface area contributed by atoms with Gasteiger partial charge >= 0.3 is 5.17 Å². The van der Waals surface area contributed by atoms with E-state index in [2.05, 4.69) is 58.1 Å². The fourth-order valence-corrected chi connectivity index (χ4v) is 1.63. The topological polar surface area (TPSA) is 118 Å². The van der Waals surface area contributed by atoms with E-state index < -0.39 is 10.2 Å². The summed E-state index contributed by atoms with van der Waals surface area (Å²) in [6.45, 7) is 13.0. The van der Waals surface area contributed by atoms with Gasteiger partial charge < -0.3 is 0 Å². The Hall–Kier alpha value is -0.0500. The zero-order valence-corrected chi connectivity index (χ0v) is 13.5. The van der Waals surface area contributed by atoms with Crippen molar-refractivity contribution in [3.05, 3.63) is 0 Å². The number of hydrogen-bond donors (Lipinski definition) is 2. The minimum absolute atomic E-state index is 0.122. The molecule has 0 bridgehead atoms. The average Bonchev–Trinajstić information content (AvgIpc) is 1.93. The highest BCUT2D eigenvalue weighted by molar-refractivity contribution is 8.12. The zero-order chi connectivity index (χ0) is 15.2. The second-order valence-electron chi connectivity index (χ2n) is 5.66. The first-order valence-electron chi connectivity index (χ1n) is 5.23. The van der Waals surface area contributed by atoms with Gasteiger partial charge in [0.25, 0.3) is 0 Å². The molecule has 0 aromatic heterocycles. The molecule has 0 unspecified atom stereocenters. The second kappa shape index (κ2) is 7.52. The molecule has 110 valence electrons. The third-order valence-corrected chi connectivity index (χ3v) is 1.79. The van der Waals surface area contributed by atoms with E-state index >= 15 is 0 Å². The first-order chi connectivity index (χ1) is 7.64. The van der Waals surface area contributed by atoms with Crippen LogP contribution in [0.5, 0.6) is 0 Å². The minimum atomic E-state index is -4.94. The molecule has 0 aliphatic heterocycles. The van der Waals surface area contributed by atoms with Gasteiger partial charge in [-0.05, 0) is 59.6 Å². The van der Waals surface area contributed by atoms with Crippen LogP contribution in [0.3, 0.4) is 0 Å². The maximum absolute atomic E-state index is 8.49. The fourth-order valence-electron chi connectivity index (χ4n) is 0.814. The Labute approximate surface area is 115 Å². The van der Waals surface area contributed by atoms with Crippen LogP contribution in [0.4, 0.5) is 0 Å². The standard InChI is InChI=1S/C10H22N2S.ClHO4/c1-9(2,3)11-8(13-7)12-10(4,5)6;2-1(3,4)5/h1-7H3,(H,11,12);(H,2,3,4,5). The van der Waals surface area contributed by atoms with Crippen molar-refractivity contribution >= 4 is 16.9 Å². The molecule has 0 aliphatic carbocycles.